The van der Waals surface area contributed by atoms with Crippen molar-refractivity contribution in [3.05, 3.63) is 41.4 Å². The van der Waals surface area contributed by atoms with E-state index in [1.165, 1.54) is 0 Å². The molecule has 0 spiro atoms. The van der Waals surface area contributed by atoms with Gasteiger partial charge in [0.05, 0.1) is 0 Å². The molecule has 0 saturated carbocycles. The molecule has 1 aromatic carbocycles. The van der Waals surface area contributed by atoms with E-state index < -0.39 is 0 Å². The van der Waals surface area contributed by atoms with Crippen molar-refractivity contribution in [2.75, 3.05) is 27.2 Å². The number of nitrogens with one attached hydrogen (secondary N) is 1. The van der Waals surface area contributed by atoms with Crippen LogP contribution in [0.3, 0.4) is 0 Å². The number of carbonyl (C=O) groups is 1. The minimum Gasteiger partial charge on any atom is -0.351 e. The van der Waals surface area contributed by atoms with Gasteiger partial charge >= 0.3 is 0 Å². The maximum Gasteiger partial charge on any atom is 0.251 e. The predicted octanol–water partition coefficient (Wildman–Crippen LogP) is 2.10. The van der Waals surface area contributed by atoms with Gasteiger partial charge in [-0.2, -0.15) is 0 Å². The van der Waals surface area contributed by atoms with Crippen molar-refractivity contribution < 1.29 is 4.79 Å². The van der Waals surface area contributed by atoms with Gasteiger partial charge in [-0.3, -0.25) is 4.79 Å². The van der Waals surface area contributed by atoms with Gasteiger partial charge in [0.15, 0.2) is 0 Å². The number of thiazole rings is 1. The summed E-state index contributed by atoms with van der Waals surface area (Å²) in [6.45, 7) is 1.49. The van der Waals surface area contributed by atoms with E-state index in [9.17, 15) is 4.79 Å². The third-order valence-electron chi connectivity index (χ3n) is 2.67. The first kappa shape index (κ1) is 13.7. The maximum absolute atomic E-state index is 11.9. The Bertz CT molecular complexity index is 520. The van der Waals surface area contributed by atoms with Crippen molar-refractivity contribution in [1.82, 2.24) is 15.2 Å². The molecular weight excluding hydrogens is 258 g/mol. The number of likely N-dealkylation sites (N-methyl/N-ethyl adjacent to an activating group) is 1. The first-order chi connectivity index (χ1) is 9.16. The first-order valence-electron chi connectivity index (χ1n) is 6.09. The Labute approximate surface area is 117 Å². The summed E-state index contributed by atoms with van der Waals surface area (Å²) in [5.74, 6) is -0.0347. The van der Waals surface area contributed by atoms with Gasteiger partial charge in [0, 0.05) is 35.8 Å². The lowest BCUT2D eigenvalue weighted by Crippen LogP contribution is -2.31. The van der Waals surface area contributed by atoms with E-state index in [4.69, 9.17) is 0 Å². The quantitative estimate of drug-likeness (QED) is 0.909. The molecule has 0 aliphatic carbocycles. The molecule has 0 radical (unpaired) electrons. The molecule has 19 heavy (non-hydrogen) atoms. The molecule has 0 bridgehead atoms. The summed E-state index contributed by atoms with van der Waals surface area (Å²) >= 11 is 1.59. The summed E-state index contributed by atoms with van der Waals surface area (Å²) in [5.41, 5.74) is 1.72. The van der Waals surface area contributed by atoms with E-state index in [0.717, 1.165) is 17.1 Å². The lowest BCUT2D eigenvalue weighted by molar-refractivity contribution is 0.0951. The number of amides is 1. The smallest absolute Gasteiger partial charge is 0.251 e. The number of carbonyl (C=O) groups excluding carboxylic acids is 1. The third kappa shape index (κ3) is 3.87. The number of hydrogen-bond donors (Lipinski definition) is 1. The largest absolute Gasteiger partial charge is 0.351 e. The van der Waals surface area contributed by atoms with E-state index in [1.807, 2.05) is 48.6 Å². The number of nitrogens with zero attached hydrogens (tertiary/aromatic N) is 2. The standard InChI is InChI=1S/C14H17N3OS/c1-17(2)9-7-15-13(18)11-3-5-12(6-4-11)14-16-8-10-19-14/h3-6,8,10H,7,9H2,1-2H3,(H,15,18). The monoisotopic (exact) mass is 275 g/mol. The van der Waals surface area contributed by atoms with Crippen LogP contribution in [0.1, 0.15) is 10.4 Å². The normalized spacial score (nSPS) is 10.7. The van der Waals surface area contributed by atoms with Crippen molar-refractivity contribution in [2.24, 2.45) is 0 Å². The summed E-state index contributed by atoms with van der Waals surface area (Å²) in [6, 6.07) is 7.53. The molecule has 1 amide bonds. The highest BCUT2D eigenvalue weighted by molar-refractivity contribution is 7.13. The van der Waals surface area contributed by atoms with Crippen molar-refractivity contribution >= 4 is 17.2 Å². The molecule has 100 valence electrons. The molecule has 0 atom stereocenters. The van der Waals surface area contributed by atoms with Gasteiger partial charge in [0.25, 0.3) is 5.91 Å². The number of aromatic nitrogens is 1. The van der Waals surface area contributed by atoms with Gasteiger partial charge in [0.2, 0.25) is 0 Å². The van der Waals surface area contributed by atoms with Crippen LogP contribution in [0.15, 0.2) is 35.8 Å². The van der Waals surface area contributed by atoms with Crippen LogP contribution in [0.4, 0.5) is 0 Å². The van der Waals surface area contributed by atoms with Gasteiger partial charge in [-0.1, -0.05) is 12.1 Å². The minimum atomic E-state index is -0.0347. The van der Waals surface area contributed by atoms with Gasteiger partial charge < -0.3 is 10.2 Å². The molecule has 1 N–H and O–H groups in total. The van der Waals surface area contributed by atoms with Crippen molar-refractivity contribution in [3.8, 4) is 10.6 Å². The van der Waals surface area contributed by atoms with Crippen LogP contribution in [0.2, 0.25) is 0 Å². The summed E-state index contributed by atoms with van der Waals surface area (Å²) in [4.78, 5) is 18.2. The van der Waals surface area contributed by atoms with Crippen LogP contribution in [0, 0.1) is 0 Å². The Morgan fingerprint density at radius 2 is 2.05 bits per heavy atom. The van der Waals surface area contributed by atoms with Crippen LogP contribution >= 0.6 is 11.3 Å². The Morgan fingerprint density at radius 3 is 2.63 bits per heavy atom. The van der Waals surface area contributed by atoms with E-state index in [-0.39, 0.29) is 5.91 Å². The molecule has 1 aromatic heterocycles. The highest BCUT2D eigenvalue weighted by Gasteiger charge is 2.06. The first-order valence-corrected chi connectivity index (χ1v) is 6.97. The Hall–Kier alpha value is -1.72. The molecular formula is C14H17N3OS. The number of rotatable bonds is 5. The highest BCUT2D eigenvalue weighted by atomic mass is 32.1. The Balaban J connectivity index is 1.96. The van der Waals surface area contributed by atoms with Crippen LogP contribution in [-0.2, 0) is 0 Å². The summed E-state index contributed by atoms with van der Waals surface area (Å²) < 4.78 is 0. The van der Waals surface area contributed by atoms with Gasteiger partial charge in [0.1, 0.15) is 5.01 Å². The molecule has 0 aliphatic rings. The average molecular weight is 275 g/mol. The van der Waals surface area contributed by atoms with Gasteiger partial charge in [-0.15, -0.1) is 11.3 Å². The zero-order valence-corrected chi connectivity index (χ0v) is 11.9. The Kier molecular flexibility index (Phi) is 4.65. The van der Waals surface area contributed by atoms with Crippen LogP contribution in [0.5, 0.6) is 0 Å². The lowest BCUT2D eigenvalue weighted by atomic mass is 10.1. The molecule has 2 rings (SSSR count). The second-order valence-corrected chi connectivity index (χ2v) is 5.37. The van der Waals surface area contributed by atoms with Crippen molar-refractivity contribution in [3.63, 3.8) is 0 Å². The van der Waals surface area contributed by atoms with Crippen LogP contribution in [0.25, 0.3) is 10.6 Å². The van der Waals surface area contributed by atoms with Crippen molar-refractivity contribution in [2.45, 2.75) is 0 Å². The second-order valence-electron chi connectivity index (χ2n) is 4.47. The zero-order valence-electron chi connectivity index (χ0n) is 11.1. The third-order valence-corrected chi connectivity index (χ3v) is 3.49. The topological polar surface area (TPSA) is 45.2 Å². The van der Waals surface area contributed by atoms with E-state index in [0.29, 0.717) is 12.1 Å². The minimum absolute atomic E-state index is 0.0347. The fourth-order valence-corrected chi connectivity index (χ4v) is 2.27. The lowest BCUT2D eigenvalue weighted by Gasteiger charge is -2.10. The molecule has 0 saturated heterocycles. The number of benzene rings is 1. The molecule has 5 heteroatoms. The van der Waals surface area contributed by atoms with Crippen LogP contribution < -0.4 is 5.32 Å². The molecule has 0 fully saturated rings. The van der Waals surface area contributed by atoms with Gasteiger partial charge in [-0.25, -0.2) is 4.98 Å². The highest BCUT2D eigenvalue weighted by Crippen LogP contribution is 2.21. The second kappa shape index (κ2) is 6.45. The maximum atomic E-state index is 11.9. The average Bonchev–Trinajstić information content (AvgIpc) is 2.92. The van der Waals surface area contributed by atoms with E-state index >= 15 is 0 Å². The van der Waals surface area contributed by atoms with Gasteiger partial charge in [-0.05, 0) is 26.2 Å². The fraction of sp³-hybridized carbons (Fsp3) is 0.286. The number of hydrogen-bond acceptors (Lipinski definition) is 4. The molecule has 0 aliphatic heterocycles. The SMILES string of the molecule is CN(C)CCNC(=O)c1ccc(-c2nccs2)cc1. The summed E-state index contributed by atoms with van der Waals surface area (Å²) in [6.07, 6.45) is 1.78. The molecule has 0 unspecified atom stereocenters. The molecule has 1 heterocycles. The summed E-state index contributed by atoms with van der Waals surface area (Å²) in [5, 5.41) is 5.80. The Morgan fingerprint density at radius 1 is 1.32 bits per heavy atom. The molecule has 4 nitrogen and oxygen atoms in total. The van der Waals surface area contributed by atoms with Crippen molar-refractivity contribution in [1.29, 1.82) is 0 Å². The fourth-order valence-electron chi connectivity index (χ4n) is 1.63. The summed E-state index contributed by atoms with van der Waals surface area (Å²) in [7, 11) is 3.96. The molecule has 2 aromatic rings. The van der Waals surface area contributed by atoms with E-state index in [1.54, 1.807) is 17.5 Å². The van der Waals surface area contributed by atoms with E-state index in [2.05, 4.69) is 10.3 Å². The van der Waals surface area contributed by atoms with Crippen LogP contribution in [-0.4, -0.2) is 43.0 Å². The predicted molar refractivity (Wildman–Crippen MR) is 78.4 cm³/mol. The zero-order chi connectivity index (χ0) is 13.7.